The molecule has 2 aliphatic rings. The molecule has 0 aromatic heterocycles. The van der Waals surface area contributed by atoms with Crippen molar-refractivity contribution in [1.29, 1.82) is 0 Å². The monoisotopic (exact) mass is 649 g/mol. The first-order chi connectivity index (χ1) is 20.5. The third kappa shape index (κ3) is 8.94. The van der Waals surface area contributed by atoms with Gasteiger partial charge in [0.1, 0.15) is 0 Å². The van der Waals surface area contributed by atoms with Gasteiger partial charge in [-0.3, -0.25) is 19.4 Å². The Morgan fingerprint density at radius 2 is 1.77 bits per heavy atom. The fourth-order valence-corrected chi connectivity index (χ4v) is 6.32. The number of anilines is 2. The van der Waals surface area contributed by atoms with E-state index in [1.807, 2.05) is 9.80 Å². The van der Waals surface area contributed by atoms with Gasteiger partial charge >= 0.3 is 6.18 Å². The lowest BCUT2D eigenvalue weighted by molar-refractivity contribution is -0.138. The van der Waals surface area contributed by atoms with Crippen LogP contribution in [0.3, 0.4) is 0 Å². The van der Waals surface area contributed by atoms with E-state index in [1.54, 1.807) is 22.7 Å². The van der Waals surface area contributed by atoms with Gasteiger partial charge in [0.2, 0.25) is 5.91 Å². The molecule has 236 valence electrons. The van der Waals surface area contributed by atoms with Gasteiger partial charge in [0.25, 0.3) is 5.91 Å². The van der Waals surface area contributed by atoms with Crippen molar-refractivity contribution < 1.29 is 36.6 Å². The highest BCUT2D eigenvalue weighted by atomic mass is 35.5. The molecule has 0 saturated carbocycles. The zero-order valence-corrected chi connectivity index (χ0v) is 24.8. The van der Waals surface area contributed by atoms with Crippen LogP contribution >= 0.6 is 23.4 Å². The van der Waals surface area contributed by atoms with E-state index in [9.17, 15) is 32.3 Å². The molecular weight excluding hydrogens is 617 g/mol. The Hall–Kier alpha value is -2.65. The molecule has 1 atom stereocenters. The molecule has 2 amide bonds. The average molecular weight is 650 g/mol. The largest absolute Gasteiger partial charge is 0.395 e. The Morgan fingerprint density at radius 1 is 1.02 bits per heavy atom. The number of benzene rings is 2. The van der Waals surface area contributed by atoms with Gasteiger partial charge in [-0.15, -0.1) is 0 Å². The van der Waals surface area contributed by atoms with E-state index in [0.29, 0.717) is 55.7 Å². The number of nitrogens with one attached hydrogen (secondary N) is 2. The summed E-state index contributed by atoms with van der Waals surface area (Å²) in [6.07, 6.45) is -5.14. The number of nitrogens with zero attached hydrogens (tertiary/aromatic N) is 3. The summed E-state index contributed by atoms with van der Waals surface area (Å²) < 4.78 is 67.9. The summed E-state index contributed by atoms with van der Waals surface area (Å²) in [5.41, 5.74) is 0.123. The van der Waals surface area contributed by atoms with E-state index in [1.165, 1.54) is 18.2 Å². The van der Waals surface area contributed by atoms with Crippen molar-refractivity contribution in [2.75, 3.05) is 74.1 Å². The first kappa shape index (κ1) is 33.2. The quantitative estimate of drug-likeness (QED) is 0.336. The highest BCUT2D eigenvalue weighted by Gasteiger charge is 2.30. The highest BCUT2D eigenvalue weighted by molar-refractivity contribution is 7.99. The van der Waals surface area contributed by atoms with Gasteiger partial charge in [-0.2, -0.15) is 24.9 Å². The van der Waals surface area contributed by atoms with E-state index in [2.05, 4.69) is 10.6 Å². The maximum Gasteiger partial charge on any atom is 0.390 e. The summed E-state index contributed by atoms with van der Waals surface area (Å²) in [6, 6.07) is 6.51. The van der Waals surface area contributed by atoms with E-state index in [0.717, 1.165) is 11.8 Å². The topological polar surface area (TPSA) is 88.2 Å². The Bertz CT molecular complexity index is 1290. The minimum absolute atomic E-state index is 0.0999. The van der Waals surface area contributed by atoms with Crippen molar-refractivity contribution in [2.24, 2.45) is 0 Å². The summed E-state index contributed by atoms with van der Waals surface area (Å²) in [5.74, 6) is -2.55. The van der Waals surface area contributed by atoms with Crippen LogP contribution in [0, 0.1) is 11.6 Å². The molecule has 15 heteroatoms. The predicted molar refractivity (Wildman–Crippen MR) is 157 cm³/mol. The average Bonchev–Trinajstić information content (AvgIpc) is 2.98. The van der Waals surface area contributed by atoms with Crippen molar-refractivity contribution in [3.05, 3.63) is 58.1 Å². The van der Waals surface area contributed by atoms with Gasteiger partial charge < -0.3 is 20.6 Å². The highest BCUT2D eigenvalue weighted by Crippen LogP contribution is 2.31. The molecule has 43 heavy (non-hydrogen) atoms. The number of alkyl halides is 3. The van der Waals surface area contributed by atoms with Crippen molar-refractivity contribution in [3.63, 3.8) is 0 Å². The Labute approximate surface area is 255 Å². The normalized spacial score (nSPS) is 18.5. The van der Waals surface area contributed by atoms with E-state index in [-0.39, 0.29) is 36.9 Å². The third-order valence-corrected chi connectivity index (χ3v) is 8.68. The van der Waals surface area contributed by atoms with Crippen LogP contribution in [0.5, 0.6) is 0 Å². The minimum atomic E-state index is -4.24. The molecule has 2 aromatic carbocycles. The maximum atomic E-state index is 15.1. The number of hydrogen-bond acceptors (Lipinski definition) is 7. The Balaban J connectivity index is 1.40. The van der Waals surface area contributed by atoms with Crippen molar-refractivity contribution in [3.8, 4) is 0 Å². The first-order valence-corrected chi connectivity index (χ1v) is 15.3. The van der Waals surface area contributed by atoms with Gasteiger partial charge in [-0.05, 0) is 24.3 Å². The number of β-amino-alcohol motifs (C(OH)–C–C–N with tert-alkyl or cyclic N) is 1. The predicted octanol–water partition coefficient (Wildman–Crippen LogP) is 3.97. The van der Waals surface area contributed by atoms with Crippen LogP contribution in [0.2, 0.25) is 5.02 Å². The molecule has 2 heterocycles. The van der Waals surface area contributed by atoms with E-state index < -0.39 is 41.7 Å². The number of hydrogen-bond donors (Lipinski definition) is 3. The van der Waals surface area contributed by atoms with Gasteiger partial charge in [0.05, 0.1) is 36.0 Å². The fourth-order valence-electron chi connectivity index (χ4n) is 5.04. The number of aliphatic hydroxyl groups is 1. The molecule has 4 rings (SSSR count). The van der Waals surface area contributed by atoms with Crippen molar-refractivity contribution in [2.45, 2.75) is 25.2 Å². The van der Waals surface area contributed by atoms with Crippen LogP contribution < -0.4 is 15.5 Å². The zero-order valence-electron chi connectivity index (χ0n) is 23.2. The number of piperazine rings is 1. The SMILES string of the molecule is O=C(Nc1ccc(Cl)cc1N1CCN(CCC(F)(F)F)CC1)c1ccc(CNC(=O)[C@@H]2CSCCN2CCO)c(F)c1F. The lowest BCUT2D eigenvalue weighted by Gasteiger charge is -2.37. The van der Waals surface area contributed by atoms with Crippen LogP contribution in [0.1, 0.15) is 22.3 Å². The number of carbonyl (C=O) groups is 2. The van der Waals surface area contributed by atoms with Crippen LogP contribution in [0.4, 0.5) is 33.3 Å². The Morgan fingerprint density at radius 3 is 2.47 bits per heavy atom. The molecule has 3 N–H and O–H groups in total. The molecule has 2 aromatic rings. The second-order valence-electron chi connectivity index (χ2n) is 10.3. The molecule has 0 unspecified atom stereocenters. The van der Waals surface area contributed by atoms with Gasteiger partial charge in [-0.1, -0.05) is 17.7 Å². The molecular formula is C28H33ClF5N5O3S. The number of halogens is 6. The molecule has 0 radical (unpaired) electrons. The van der Waals surface area contributed by atoms with Crippen molar-refractivity contribution in [1.82, 2.24) is 15.1 Å². The Kier molecular flexibility index (Phi) is 11.5. The number of carbonyl (C=O) groups excluding carboxylic acids is 2. The van der Waals surface area contributed by atoms with Crippen molar-refractivity contribution >= 4 is 46.6 Å². The van der Waals surface area contributed by atoms with Crippen LogP contribution in [0.25, 0.3) is 0 Å². The number of aliphatic hydroxyl groups excluding tert-OH is 1. The number of thioether (sulfide) groups is 1. The third-order valence-electron chi connectivity index (χ3n) is 7.42. The van der Waals surface area contributed by atoms with Gasteiger partial charge in [-0.25, -0.2) is 8.78 Å². The second-order valence-corrected chi connectivity index (χ2v) is 11.9. The van der Waals surface area contributed by atoms with Gasteiger partial charge in [0.15, 0.2) is 11.6 Å². The van der Waals surface area contributed by atoms with Crippen LogP contribution in [-0.2, 0) is 11.3 Å². The zero-order chi connectivity index (χ0) is 31.1. The summed E-state index contributed by atoms with van der Waals surface area (Å²) >= 11 is 7.77. The summed E-state index contributed by atoms with van der Waals surface area (Å²) in [4.78, 5) is 31.2. The number of amides is 2. The van der Waals surface area contributed by atoms with E-state index >= 15 is 4.39 Å². The maximum absolute atomic E-state index is 15.1. The smallest absolute Gasteiger partial charge is 0.390 e. The molecule has 2 fully saturated rings. The lowest BCUT2D eigenvalue weighted by atomic mass is 10.1. The molecule has 0 spiro atoms. The molecule has 2 saturated heterocycles. The fraction of sp³-hybridized carbons (Fsp3) is 0.500. The van der Waals surface area contributed by atoms with Gasteiger partial charge in [0, 0.05) is 74.4 Å². The molecule has 0 aliphatic carbocycles. The van der Waals surface area contributed by atoms with Crippen LogP contribution in [-0.4, -0.2) is 103 Å². The molecule has 0 bridgehead atoms. The summed E-state index contributed by atoms with van der Waals surface area (Å²) in [7, 11) is 0. The lowest BCUT2D eigenvalue weighted by Crippen LogP contribution is -2.52. The molecule has 8 nitrogen and oxygen atoms in total. The number of rotatable bonds is 10. The van der Waals surface area contributed by atoms with E-state index in [4.69, 9.17) is 11.6 Å². The minimum Gasteiger partial charge on any atom is -0.395 e. The first-order valence-electron chi connectivity index (χ1n) is 13.8. The summed E-state index contributed by atoms with van der Waals surface area (Å²) in [6.45, 7) is 1.96. The summed E-state index contributed by atoms with van der Waals surface area (Å²) in [5, 5.41) is 14.8. The molecule has 2 aliphatic heterocycles. The second kappa shape index (κ2) is 14.9. The van der Waals surface area contributed by atoms with Crippen LogP contribution in [0.15, 0.2) is 30.3 Å². The standard InChI is InChI=1S/C28H33ClF5N5O3S/c29-19-2-4-21(22(15-19)38-9-7-37(8-10-38)6-5-28(32,33)34)36-26(41)20-3-1-18(24(30)25(20)31)16-35-27(42)23-17-43-14-12-39(23)11-13-40/h1-4,15,23,40H,5-14,16-17H2,(H,35,42)(H,36,41)/t23-/m0/s1.